The molecule has 1 fully saturated rings. The van der Waals surface area contributed by atoms with Crippen LogP contribution in [0.1, 0.15) is 61.3 Å². The Balaban J connectivity index is 1.23. The summed E-state index contributed by atoms with van der Waals surface area (Å²) in [5, 5.41) is 9.49. The number of hydrazine groups is 1. The van der Waals surface area contributed by atoms with Crippen molar-refractivity contribution in [2.75, 3.05) is 5.01 Å². The van der Waals surface area contributed by atoms with E-state index in [9.17, 15) is 0 Å². The number of fused-ring (bicyclic) bond motifs is 6. The summed E-state index contributed by atoms with van der Waals surface area (Å²) in [4.78, 5) is 0. The number of anilines is 1. The second-order valence-corrected chi connectivity index (χ2v) is 13.7. The molecule has 0 amide bonds. The maximum atomic E-state index is 4.06. The van der Waals surface area contributed by atoms with Gasteiger partial charge in [0.25, 0.3) is 0 Å². The van der Waals surface area contributed by atoms with E-state index in [1.807, 2.05) is 0 Å². The zero-order chi connectivity index (χ0) is 29.4. The fourth-order valence-electron chi connectivity index (χ4n) is 8.59. The van der Waals surface area contributed by atoms with Gasteiger partial charge in [-0.25, -0.2) is 0 Å². The maximum Gasteiger partial charge on any atom is 0.103 e. The van der Waals surface area contributed by atoms with Crippen LogP contribution in [-0.4, -0.2) is 23.4 Å². The van der Waals surface area contributed by atoms with Crippen LogP contribution in [0.2, 0.25) is 0 Å². The quantitative estimate of drug-likeness (QED) is 0.337. The smallest absolute Gasteiger partial charge is 0.103 e. The summed E-state index contributed by atoms with van der Waals surface area (Å²) in [5.74, 6) is 0.716. The average molecular weight is 574 g/mol. The molecule has 3 aromatic rings. The lowest BCUT2D eigenvalue weighted by molar-refractivity contribution is -0.0457. The van der Waals surface area contributed by atoms with Gasteiger partial charge in [0.15, 0.2) is 0 Å². The summed E-state index contributed by atoms with van der Waals surface area (Å²) >= 11 is 0. The van der Waals surface area contributed by atoms with Crippen LogP contribution in [0.3, 0.4) is 0 Å². The minimum Gasteiger partial charge on any atom is -0.294 e. The van der Waals surface area contributed by atoms with E-state index in [1.54, 1.807) is 0 Å². The van der Waals surface area contributed by atoms with E-state index < -0.39 is 0 Å². The predicted molar refractivity (Wildman–Crippen MR) is 182 cm³/mol. The third-order valence-electron chi connectivity index (χ3n) is 10.9. The molecule has 0 spiro atoms. The molecule has 2 aliphatic heterocycles. The van der Waals surface area contributed by atoms with Gasteiger partial charge in [-0.15, -0.1) is 0 Å². The van der Waals surface area contributed by atoms with Crippen molar-refractivity contribution in [2.45, 2.75) is 62.8 Å². The third kappa shape index (κ3) is 3.82. The van der Waals surface area contributed by atoms with Crippen molar-refractivity contribution in [3.63, 3.8) is 0 Å². The molecule has 5 atom stereocenters. The highest BCUT2D eigenvalue weighted by atomic mass is 15.8. The summed E-state index contributed by atoms with van der Waals surface area (Å²) < 4.78 is 0. The molecule has 0 bridgehead atoms. The number of nitrogens with one attached hydrogen (secondary N) is 1. The van der Waals surface area contributed by atoms with Crippen LogP contribution in [0, 0.1) is 5.92 Å². The molecule has 0 saturated carbocycles. The molecule has 3 heteroatoms. The molecule has 3 nitrogen and oxygen atoms in total. The zero-order valence-electron chi connectivity index (χ0n) is 25.5. The number of nitrogens with zero attached hydrogens (tertiary/aromatic N) is 2. The molecule has 4 aliphatic carbocycles. The van der Waals surface area contributed by atoms with Gasteiger partial charge >= 0.3 is 0 Å². The molecule has 3 aromatic carbocycles. The Morgan fingerprint density at radius 1 is 0.841 bits per heavy atom. The summed E-state index contributed by atoms with van der Waals surface area (Å²) in [5.41, 5.74) is 12.5. The number of hydrogen-bond acceptors (Lipinski definition) is 3. The monoisotopic (exact) mass is 573 g/mol. The normalized spacial score (nSPS) is 29.0. The van der Waals surface area contributed by atoms with E-state index in [0.29, 0.717) is 11.8 Å². The molecule has 0 aromatic heterocycles. The van der Waals surface area contributed by atoms with Crippen LogP contribution in [0.4, 0.5) is 5.69 Å². The van der Waals surface area contributed by atoms with Crippen molar-refractivity contribution in [3.05, 3.63) is 155 Å². The summed E-state index contributed by atoms with van der Waals surface area (Å²) in [7, 11) is 0. The average Bonchev–Trinajstić information content (AvgIpc) is 3.49. The highest BCUT2D eigenvalue weighted by Gasteiger charge is 2.52. The van der Waals surface area contributed by atoms with Gasteiger partial charge in [0.05, 0.1) is 17.9 Å². The van der Waals surface area contributed by atoms with Crippen molar-refractivity contribution in [1.82, 2.24) is 10.3 Å². The van der Waals surface area contributed by atoms with Crippen molar-refractivity contribution in [1.29, 1.82) is 0 Å². The lowest BCUT2D eigenvalue weighted by Crippen LogP contribution is -2.77. The second kappa shape index (κ2) is 9.92. The Bertz CT molecular complexity index is 1830. The molecule has 44 heavy (non-hydrogen) atoms. The van der Waals surface area contributed by atoms with E-state index in [2.05, 4.69) is 157 Å². The second-order valence-electron chi connectivity index (χ2n) is 13.7. The van der Waals surface area contributed by atoms with Crippen LogP contribution in [-0.2, 0) is 5.41 Å². The lowest BCUT2D eigenvalue weighted by Gasteiger charge is -2.58. The minimum atomic E-state index is -0.0408. The largest absolute Gasteiger partial charge is 0.294 e. The fraction of sp³-hybridized carbons (Fsp3) is 0.268. The molecule has 1 N–H and O–H groups in total. The van der Waals surface area contributed by atoms with Gasteiger partial charge in [-0.3, -0.25) is 10.3 Å². The zero-order valence-corrected chi connectivity index (χ0v) is 25.5. The van der Waals surface area contributed by atoms with E-state index in [-0.39, 0.29) is 23.8 Å². The van der Waals surface area contributed by atoms with E-state index in [0.717, 1.165) is 19.3 Å². The highest BCUT2D eigenvalue weighted by molar-refractivity contribution is 5.86. The number of hydrogen-bond donors (Lipinski definition) is 1. The van der Waals surface area contributed by atoms with Gasteiger partial charge in [-0.2, -0.15) is 5.01 Å². The Hall–Kier alpha value is -4.18. The van der Waals surface area contributed by atoms with Crippen molar-refractivity contribution in [2.24, 2.45) is 5.92 Å². The minimum absolute atomic E-state index is 0.0408. The first-order valence-corrected chi connectivity index (χ1v) is 16.4. The summed E-state index contributed by atoms with van der Waals surface area (Å²) in [6.45, 7) is 4.80. The Labute approximate surface area is 261 Å². The topological polar surface area (TPSA) is 18.5 Å². The van der Waals surface area contributed by atoms with Crippen LogP contribution in [0.15, 0.2) is 133 Å². The van der Waals surface area contributed by atoms with Gasteiger partial charge in [0.2, 0.25) is 0 Å². The Morgan fingerprint density at radius 2 is 1.70 bits per heavy atom. The van der Waals surface area contributed by atoms with Gasteiger partial charge in [-0.1, -0.05) is 129 Å². The van der Waals surface area contributed by atoms with E-state index in [1.165, 1.54) is 50.2 Å². The molecule has 9 rings (SSSR count). The Kier molecular flexibility index (Phi) is 5.92. The highest BCUT2D eigenvalue weighted by Crippen LogP contribution is 2.56. The first kappa shape index (κ1) is 26.2. The van der Waals surface area contributed by atoms with E-state index in [4.69, 9.17) is 0 Å². The molecular weight excluding hydrogens is 534 g/mol. The molecule has 2 heterocycles. The summed E-state index contributed by atoms with van der Waals surface area (Å²) in [6.07, 6.45) is 27.1. The third-order valence-corrected chi connectivity index (χ3v) is 10.9. The van der Waals surface area contributed by atoms with Crippen molar-refractivity contribution in [3.8, 4) is 11.1 Å². The first-order valence-electron chi connectivity index (χ1n) is 16.4. The molecular formula is C41H39N3. The molecule has 6 aliphatic rings. The molecule has 5 unspecified atom stereocenters. The van der Waals surface area contributed by atoms with Crippen molar-refractivity contribution >= 4 is 11.3 Å². The van der Waals surface area contributed by atoms with Gasteiger partial charge in [0.1, 0.15) is 6.17 Å². The SMILES string of the molecule is CC1(C)c2ccccc2-c2cc3c(cc21)N(N1C(C2=CC=CCC2)NC1C1C=CC=CC1)C1C=C(c2ccccc2)C=CC31. The van der Waals surface area contributed by atoms with Gasteiger partial charge < -0.3 is 0 Å². The predicted octanol–water partition coefficient (Wildman–Crippen LogP) is 8.80. The molecule has 218 valence electrons. The standard InChI is InChI=1S/C41H39N3/c1-41(2)35-21-13-12-20-31(35)33-25-34-32-23-22-30(27-14-6-3-7-15-27)24-37(32)43(38(34)26-36(33)41)44-39(28-16-8-4-9-17-28)42-40(44)29-18-10-5-11-19-29/h3-10,12-16,18,20-26,28,32,37,39-40,42H,11,17,19H2,1-2H3. The van der Waals surface area contributed by atoms with Crippen LogP contribution >= 0.6 is 0 Å². The summed E-state index contributed by atoms with van der Waals surface area (Å²) in [6, 6.07) is 25.3. The molecule has 0 radical (unpaired) electrons. The molecule has 1 saturated heterocycles. The lowest BCUT2D eigenvalue weighted by atomic mass is 9.81. The Morgan fingerprint density at radius 3 is 2.52 bits per heavy atom. The maximum absolute atomic E-state index is 4.06. The number of allylic oxidation sites excluding steroid dienone is 8. The van der Waals surface area contributed by atoms with Crippen LogP contribution < -0.4 is 10.3 Å². The fourth-order valence-corrected chi connectivity index (χ4v) is 8.59. The van der Waals surface area contributed by atoms with Crippen LogP contribution in [0.25, 0.3) is 16.7 Å². The number of benzene rings is 3. The van der Waals surface area contributed by atoms with Gasteiger partial charge in [0, 0.05) is 17.3 Å². The van der Waals surface area contributed by atoms with Crippen molar-refractivity contribution < 1.29 is 0 Å². The van der Waals surface area contributed by atoms with Gasteiger partial charge in [-0.05, 0) is 75.9 Å². The van der Waals surface area contributed by atoms with Crippen LogP contribution in [0.5, 0.6) is 0 Å². The first-order chi connectivity index (χ1) is 21.6. The van der Waals surface area contributed by atoms with E-state index >= 15 is 0 Å². The number of rotatable bonds is 4.